The highest BCUT2D eigenvalue weighted by molar-refractivity contribution is 7.98. The molecule has 1 aromatic heterocycles. The van der Waals surface area contributed by atoms with Crippen molar-refractivity contribution in [3.63, 3.8) is 0 Å². The molecule has 0 aliphatic rings. The molecular weight excluding hydrogens is 282 g/mol. The second-order valence-electron chi connectivity index (χ2n) is 4.35. The Balaban J connectivity index is 1.78. The summed E-state index contributed by atoms with van der Waals surface area (Å²) in [5, 5.41) is 9.46. The number of fused-ring (bicyclic) bond motifs is 1. The van der Waals surface area contributed by atoms with Crippen LogP contribution in [0, 0.1) is 11.8 Å². The molecular formula is C17H13NO2S. The first kappa shape index (κ1) is 13.7. The van der Waals surface area contributed by atoms with Crippen molar-refractivity contribution in [3.05, 3.63) is 59.7 Å². The molecule has 0 unspecified atom stereocenters. The van der Waals surface area contributed by atoms with Crippen LogP contribution in [0.25, 0.3) is 11.1 Å². The summed E-state index contributed by atoms with van der Waals surface area (Å²) in [6.45, 7) is -0.132. The predicted octanol–water partition coefficient (Wildman–Crippen LogP) is 3.46. The smallest absolute Gasteiger partial charge is 0.257 e. The summed E-state index contributed by atoms with van der Waals surface area (Å²) in [4.78, 5) is 4.44. The number of thioether (sulfide) groups is 1. The Morgan fingerprint density at radius 2 is 1.90 bits per heavy atom. The Morgan fingerprint density at radius 3 is 2.76 bits per heavy atom. The number of hydrogen-bond donors (Lipinski definition) is 1. The average molecular weight is 295 g/mol. The van der Waals surface area contributed by atoms with Gasteiger partial charge in [-0.3, -0.25) is 0 Å². The van der Waals surface area contributed by atoms with Gasteiger partial charge in [0.05, 0.1) is 0 Å². The van der Waals surface area contributed by atoms with Crippen LogP contribution in [0.4, 0.5) is 0 Å². The van der Waals surface area contributed by atoms with Gasteiger partial charge in [0.25, 0.3) is 5.22 Å². The van der Waals surface area contributed by atoms with Gasteiger partial charge in [-0.1, -0.05) is 53.9 Å². The molecule has 0 aliphatic heterocycles. The number of oxazole rings is 1. The largest absolute Gasteiger partial charge is 0.431 e. The predicted molar refractivity (Wildman–Crippen MR) is 84.0 cm³/mol. The van der Waals surface area contributed by atoms with Gasteiger partial charge in [0.15, 0.2) is 5.58 Å². The molecule has 0 aliphatic carbocycles. The minimum absolute atomic E-state index is 0.132. The van der Waals surface area contributed by atoms with E-state index in [1.54, 1.807) is 0 Å². The molecule has 2 aromatic carbocycles. The Labute approximate surface area is 127 Å². The maximum absolute atomic E-state index is 8.80. The molecule has 1 heterocycles. The number of aromatic nitrogens is 1. The highest BCUT2D eigenvalue weighted by Crippen LogP contribution is 2.26. The van der Waals surface area contributed by atoms with Gasteiger partial charge in [-0.2, -0.15) is 0 Å². The number of para-hydroxylation sites is 2. The first-order valence-electron chi connectivity index (χ1n) is 6.53. The molecule has 21 heavy (non-hydrogen) atoms. The summed E-state index contributed by atoms with van der Waals surface area (Å²) in [5.74, 6) is 6.37. The Kier molecular flexibility index (Phi) is 4.25. The van der Waals surface area contributed by atoms with Crippen molar-refractivity contribution in [1.29, 1.82) is 0 Å². The summed E-state index contributed by atoms with van der Waals surface area (Å²) >= 11 is 1.54. The lowest BCUT2D eigenvalue weighted by Gasteiger charge is -2.01. The SMILES string of the molecule is OCC#Cc1ccccc1CSc1nc2ccccc2o1. The van der Waals surface area contributed by atoms with Gasteiger partial charge in [-0.05, 0) is 23.8 Å². The van der Waals surface area contributed by atoms with Gasteiger partial charge in [-0.15, -0.1) is 0 Å². The van der Waals surface area contributed by atoms with E-state index in [0.717, 1.165) is 28.0 Å². The molecule has 4 heteroatoms. The number of aliphatic hydroxyl groups excluding tert-OH is 1. The van der Waals surface area contributed by atoms with E-state index in [-0.39, 0.29) is 6.61 Å². The monoisotopic (exact) mass is 295 g/mol. The summed E-state index contributed by atoms with van der Waals surface area (Å²) in [6, 6.07) is 15.6. The number of hydrogen-bond acceptors (Lipinski definition) is 4. The van der Waals surface area contributed by atoms with Crippen molar-refractivity contribution in [3.8, 4) is 11.8 Å². The first-order chi connectivity index (χ1) is 10.4. The van der Waals surface area contributed by atoms with Crippen LogP contribution < -0.4 is 0 Å². The van der Waals surface area contributed by atoms with Crippen molar-refractivity contribution in [2.24, 2.45) is 0 Å². The van der Waals surface area contributed by atoms with E-state index in [0.29, 0.717) is 5.22 Å². The molecule has 0 radical (unpaired) electrons. The quantitative estimate of drug-likeness (QED) is 0.594. The maximum atomic E-state index is 8.80. The fourth-order valence-electron chi connectivity index (χ4n) is 1.96. The van der Waals surface area contributed by atoms with Crippen molar-refractivity contribution in [1.82, 2.24) is 4.98 Å². The molecule has 0 saturated carbocycles. The van der Waals surface area contributed by atoms with Gasteiger partial charge < -0.3 is 9.52 Å². The zero-order chi connectivity index (χ0) is 14.5. The molecule has 0 spiro atoms. The molecule has 0 atom stereocenters. The zero-order valence-electron chi connectivity index (χ0n) is 11.2. The van der Waals surface area contributed by atoms with Crippen molar-refractivity contribution in [2.75, 3.05) is 6.61 Å². The molecule has 3 rings (SSSR count). The molecule has 1 N–H and O–H groups in total. The highest BCUT2D eigenvalue weighted by Gasteiger charge is 2.07. The molecule has 3 nitrogen and oxygen atoms in total. The number of nitrogens with zero attached hydrogens (tertiary/aromatic N) is 1. The summed E-state index contributed by atoms with van der Waals surface area (Å²) in [6.07, 6.45) is 0. The molecule has 0 bridgehead atoms. The van der Waals surface area contributed by atoms with Gasteiger partial charge in [0, 0.05) is 11.3 Å². The topological polar surface area (TPSA) is 46.3 Å². The standard InChI is InChI=1S/C17H13NO2S/c19-11-5-8-13-6-1-2-7-14(13)12-21-17-18-15-9-3-4-10-16(15)20-17/h1-4,6-7,9-10,19H,11-12H2. The third-order valence-electron chi connectivity index (χ3n) is 2.94. The number of rotatable bonds is 3. The molecule has 0 amide bonds. The van der Waals surface area contributed by atoms with E-state index < -0.39 is 0 Å². The van der Waals surface area contributed by atoms with Gasteiger partial charge in [0.2, 0.25) is 0 Å². The van der Waals surface area contributed by atoms with Crippen LogP contribution in [0.1, 0.15) is 11.1 Å². The minimum Gasteiger partial charge on any atom is -0.431 e. The van der Waals surface area contributed by atoms with Crippen LogP contribution in [0.5, 0.6) is 0 Å². The van der Waals surface area contributed by atoms with Crippen molar-refractivity contribution in [2.45, 2.75) is 11.0 Å². The highest BCUT2D eigenvalue weighted by atomic mass is 32.2. The van der Waals surface area contributed by atoms with Crippen LogP contribution >= 0.6 is 11.8 Å². The second-order valence-corrected chi connectivity index (χ2v) is 5.28. The minimum atomic E-state index is -0.132. The Hall–Kier alpha value is -2.22. The lowest BCUT2D eigenvalue weighted by Crippen LogP contribution is -1.87. The van der Waals surface area contributed by atoms with E-state index >= 15 is 0 Å². The third kappa shape index (κ3) is 3.27. The van der Waals surface area contributed by atoms with Crippen molar-refractivity contribution >= 4 is 22.9 Å². The Bertz CT molecular complexity index is 781. The molecule has 3 aromatic rings. The summed E-state index contributed by atoms with van der Waals surface area (Å²) in [7, 11) is 0. The molecule has 0 saturated heterocycles. The fraction of sp³-hybridized carbons (Fsp3) is 0.118. The van der Waals surface area contributed by atoms with E-state index in [9.17, 15) is 0 Å². The number of benzene rings is 2. The van der Waals surface area contributed by atoms with E-state index in [2.05, 4.69) is 16.8 Å². The fourth-order valence-corrected chi connectivity index (χ4v) is 2.80. The second kappa shape index (κ2) is 6.49. The Morgan fingerprint density at radius 1 is 1.10 bits per heavy atom. The van der Waals surface area contributed by atoms with Crippen LogP contribution in [-0.4, -0.2) is 16.7 Å². The van der Waals surface area contributed by atoms with Gasteiger partial charge >= 0.3 is 0 Å². The maximum Gasteiger partial charge on any atom is 0.257 e. The summed E-state index contributed by atoms with van der Waals surface area (Å²) < 4.78 is 5.69. The van der Waals surface area contributed by atoms with Gasteiger partial charge in [0.1, 0.15) is 12.1 Å². The van der Waals surface area contributed by atoms with Gasteiger partial charge in [-0.25, -0.2) is 4.98 Å². The molecule has 0 fully saturated rings. The van der Waals surface area contributed by atoms with E-state index in [1.165, 1.54) is 11.8 Å². The van der Waals surface area contributed by atoms with Crippen LogP contribution in [0.2, 0.25) is 0 Å². The van der Waals surface area contributed by atoms with E-state index in [4.69, 9.17) is 9.52 Å². The number of aliphatic hydroxyl groups is 1. The first-order valence-corrected chi connectivity index (χ1v) is 7.51. The zero-order valence-corrected chi connectivity index (χ0v) is 12.1. The molecule has 104 valence electrons. The van der Waals surface area contributed by atoms with Crippen LogP contribution in [0.3, 0.4) is 0 Å². The van der Waals surface area contributed by atoms with Crippen LogP contribution in [-0.2, 0) is 5.75 Å². The average Bonchev–Trinajstić information content (AvgIpc) is 2.94. The summed E-state index contributed by atoms with van der Waals surface area (Å²) in [5.41, 5.74) is 3.70. The lowest BCUT2D eigenvalue weighted by molar-refractivity contribution is 0.350. The third-order valence-corrected chi connectivity index (χ3v) is 3.82. The normalized spacial score (nSPS) is 10.3. The van der Waals surface area contributed by atoms with E-state index in [1.807, 2.05) is 48.5 Å². The van der Waals surface area contributed by atoms with Crippen molar-refractivity contribution < 1.29 is 9.52 Å². The lowest BCUT2D eigenvalue weighted by atomic mass is 10.1. The van der Waals surface area contributed by atoms with Crippen LogP contribution in [0.15, 0.2) is 58.2 Å².